The van der Waals surface area contributed by atoms with Crippen LogP contribution in [-0.4, -0.2) is 41.0 Å². The molecule has 1 atom stereocenters. The quantitative estimate of drug-likeness (QED) is 0.718. The Kier molecular flexibility index (Phi) is 4.88. The average Bonchev–Trinajstić information content (AvgIpc) is 3.51. The molecule has 0 radical (unpaired) electrons. The average molecular weight is 405 g/mol. The van der Waals surface area contributed by atoms with Crippen LogP contribution in [-0.2, 0) is 25.5 Å². The molecule has 0 spiro atoms. The Morgan fingerprint density at radius 3 is 2.45 bits per heavy atom. The fraction of sp³-hybridized carbons (Fsp3) is 0.429. The van der Waals surface area contributed by atoms with E-state index in [1.807, 2.05) is 0 Å². The second-order valence-electron chi connectivity index (χ2n) is 7.66. The van der Waals surface area contributed by atoms with Crippen molar-refractivity contribution in [2.45, 2.75) is 31.0 Å². The van der Waals surface area contributed by atoms with Gasteiger partial charge in [-0.2, -0.15) is 0 Å². The first-order valence-corrected chi connectivity index (χ1v) is 9.37. The standard InChI is InChI=1S/C21H21F2NO5/c1-12(26)29-20(10-28-11-20)16-8-17(21(27,9-25)14-4-5-14)24-19(18(16)23)13-2-6-15(22)7-3-13/h2-3,6-8,14,25,27H,4-5,9-11H2,1H3/t21-/m1/s1. The van der Waals surface area contributed by atoms with Crippen LogP contribution in [0.5, 0.6) is 0 Å². The summed E-state index contributed by atoms with van der Waals surface area (Å²) in [5.74, 6) is -2.05. The van der Waals surface area contributed by atoms with E-state index in [-0.39, 0.29) is 36.1 Å². The van der Waals surface area contributed by atoms with E-state index in [0.29, 0.717) is 18.4 Å². The maximum absolute atomic E-state index is 15.6. The Bertz CT molecular complexity index is 941. The summed E-state index contributed by atoms with van der Waals surface area (Å²) in [7, 11) is 0. The number of carbonyl (C=O) groups is 1. The largest absolute Gasteiger partial charge is 0.449 e. The van der Waals surface area contributed by atoms with Crippen LogP contribution in [0.1, 0.15) is 31.0 Å². The van der Waals surface area contributed by atoms with Gasteiger partial charge < -0.3 is 19.7 Å². The number of aliphatic hydroxyl groups excluding tert-OH is 1. The molecule has 1 saturated heterocycles. The third-order valence-corrected chi connectivity index (χ3v) is 5.51. The van der Waals surface area contributed by atoms with Crippen LogP contribution in [0.3, 0.4) is 0 Å². The molecular weight excluding hydrogens is 384 g/mol. The van der Waals surface area contributed by atoms with Crippen molar-refractivity contribution in [2.75, 3.05) is 19.8 Å². The first-order chi connectivity index (χ1) is 13.8. The lowest BCUT2D eigenvalue weighted by atomic mass is 9.85. The zero-order valence-corrected chi connectivity index (χ0v) is 15.8. The van der Waals surface area contributed by atoms with Crippen molar-refractivity contribution in [1.82, 2.24) is 4.98 Å². The number of benzene rings is 1. The topological polar surface area (TPSA) is 88.9 Å². The molecule has 2 aromatic rings. The normalized spacial score (nSPS) is 19.9. The SMILES string of the molecule is CC(=O)OC1(c2cc([C@@](O)(CO)C3CC3)nc(-c3ccc(F)cc3)c2F)COC1. The molecule has 0 amide bonds. The number of hydrogen-bond donors (Lipinski definition) is 2. The van der Waals surface area contributed by atoms with Crippen molar-refractivity contribution < 1.29 is 33.3 Å². The minimum absolute atomic E-state index is 0.0100. The highest BCUT2D eigenvalue weighted by atomic mass is 19.1. The third-order valence-electron chi connectivity index (χ3n) is 5.51. The van der Waals surface area contributed by atoms with Crippen molar-refractivity contribution >= 4 is 5.97 Å². The molecule has 1 saturated carbocycles. The maximum Gasteiger partial charge on any atom is 0.303 e. The first-order valence-electron chi connectivity index (χ1n) is 9.37. The third kappa shape index (κ3) is 3.41. The number of nitrogens with zero attached hydrogens (tertiary/aromatic N) is 1. The fourth-order valence-corrected chi connectivity index (χ4v) is 3.69. The highest BCUT2D eigenvalue weighted by molar-refractivity contribution is 5.68. The number of esters is 1. The van der Waals surface area contributed by atoms with Gasteiger partial charge in [-0.3, -0.25) is 4.79 Å². The Balaban J connectivity index is 1.92. The molecule has 154 valence electrons. The zero-order valence-electron chi connectivity index (χ0n) is 15.8. The van der Waals surface area contributed by atoms with E-state index >= 15 is 4.39 Å². The molecule has 4 rings (SSSR count). The van der Waals surface area contributed by atoms with Crippen LogP contribution in [0.4, 0.5) is 8.78 Å². The van der Waals surface area contributed by atoms with E-state index in [4.69, 9.17) is 9.47 Å². The van der Waals surface area contributed by atoms with E-state index in [1.165, 1.54) is 37.3 Å². The number of aromatic nitrogens is 1. The van der Waals surface area contributed by atoms with Crippen LogP contribution < -0.4 is 0 Å². The molecule has 1 aliphatic heterocycles. The van der Waals surface area contributed by atoms with Crippen LogP contribution in [0, 0.1) is 17.6 Å². The number of pyridine rings is 1. The van der Waals surface area contributed by atoms with Crippen molar-refractivity contribution in [3.63, 3.8) is 0 Å². The second-order valence-corrected chi connectivity index (χ2v) is 7.66. The molecule has 2 aliphatic rings. The Labute approximate surface area is 166 Å². The van der Waals surface area contributed by atoms with Gasteiger partial charge in [0.2, 0.25) is 0 Å². The highest BCUT2D eigenvalue weighted by Crippen LogP contribution is 2.47. The second kappa shape index (κ2) is 7.12. The summed E-state index contributed by atoms with van der Waals surface area (Å²) >= 11 is 0. The summed E-state index contributed by atoms with van der Waals surface area (Å²) in [5, 5.41) is 20.9. The highest BCUT2D eigenvalue weighted by Gasteiger charge is 2.50. The molecule has 1 aromatic carbocycles. The summed E-state index contributed by atoms with van der Waals surface area (Å²) in [6, 6.07) is 6.44. The number of hydrogen-bond acceptors (Lipinski definition) is 6. The lowest BCUT2D eigenvalue weighted by molar-refractivity contribution is -0.217. The Morgan fingerprint density at radius 2 is 1.97 bits per heavy atom. The van der Waals surface area contributed by atoms with Crippen LogP contribution in [0.2, 0.25) is 0 Å². The Morgan fingerprint density at radius 1 is 1.31 bits per heavy atom. The predicted octanol–water partition coefficient (Wildman–Crippen LogP) is 2.41. The molecule has 29 heavy (non-hydrogen) atoms. The van der Waals surface area contributed by atoms with Gasteiger partial charge in [0.05, 0.1) is 25.5 Å². The van der Waals surface area contributed by atoms with Gasteiger partial charge in [0, 0.05) is 18.1 Å². The van der Waals surface area contributed by atoms with Gasteiger partial charge in [0.1, 0.15) is 17.1 Å². The molecule has 2 fully saturated rings. The van der Waals surface area contributed by atoms with Gasteiger partial charge in [0.15, 0.2) is 11.4 Å². The van der Waals surface area contributed by atoms with E-state index in [9.17, 15) is 19.4 Å². The molecule has 1 aliphatic carbocycles. The molecule has 0 unspecified atom stereocenters. The first kappa shape index (κ1) is 19.9. The van der Waals surface area contributed by atoms with E-state index < -0.39 is 35.4 Å². The predicted molar refractivity (Wildman–Crippen MR) is 97.6 cm³/mol. The summed E-state index contributed by atoms with van der Waals surface area (Å²) in [4.78, 5) is 15.9. The summed E-state index contributed by atoms with van der Waals surface area (Å²) < 4.78 is 39.5. The summed E-state index contributed by atoms with van der Waals surface area (Å²) in [6.45, 7) is 0.540. The number of carbonyl (C=O) groups excluding carboxylic acids is 1. The monoisotopic (exact) mass is 405 g/mol. The summed E-state index contributed by atoms with van der Waals surface area (Å²) in [6.07, 6.45) is 1.41. The Hall–Kier alpha value is -2.42. The van der Waals surface area contributed by atoms with Crippen LogP contribution in [0.25, 0.3) is 11.3 Å². The van der Waals surface area contributed by atoms with Crippen molar-refractivity contribution in [1.29, 1.82) is 0 Å². The number of aliphatic hydroxyl groups is 2. The van der Waals surface area contributed by atoms with Crippen molar-refractivity contribution in [2.24, 2.45) is 5.92 Å². The number of rotatable bonds is 6. The van der Waals surface area contributed by atoms with Crippen LogP contribution >= 0.6 is 0 Å². The van der Waals surface area contributed by atoms with E-state index in [1.54, 1.807) is 0 Å². The molecule has 0 bridgehead atoms. The lowest BCUT2D eigenvalue weighted by Gasteiger charge is -2.41. The van der Waals surface area contributed by atoms with Gasteiger partial charge >= 0.3 is 5.97 Å². The molecule has 1 aromatic heterocycles. The number of ether oxygens (including phenoxy) is 2. The van der Waals surface area contributed by atoms with Gasteiger partial charge in [-0.15, -0.1) is 0 Å². The van der Waals surface area contributed by atoms with Gasteiger partial charge in [-0.05, 0) is 49.1 Å². The fourth-order valence-electron chi connectivity index (χ4n) is 3.69. The van der Waals surface area contributed by atoms with Crippen LogP contribution in [0.15, 0.2) is 30.3 Å². The smallest absolute Gasteiger partial charge is 0.303 e. The molecule has 6 nitrogen and oxygen atoms in total. The lowest BCUT2D eigenvalue weighted by Crippen LogP contribution is -2.51. The van der Waals surface area contributed by atoms with Gasteiger partial charge in [-0.1, -0.05) is 0 Å². The summed E-state index contributed by atoms with van der Waals surface area (Å²) in [5.41, 5.74) is -2.74. The molecule has 8 heteroatoms. The van der Waals surface area contributed by atoms with E-state index in [0.717, 1.165) is 0 Å². The molecule has 2 heterocycles. The zero-order chi connectivity index (χ0) is 20.8. The maximum atomic E-state index is 15.6. The minimum Gasteiger partial charge on any atom is -0.449 e. The van der Waals surface area contributed by atoms with Gasteiger partial charge in [0.25, 0.3) is 0 Å². The molecule has 2 N–H and O–H groups in total. The van der Waals surface area contributed by atoms with Crippen molar-refractivity contribution in [3.8, 4) is 11.3 Å². The number of halogens is 2. The van der Waals surface area contributed by atoms with E-state index in [2.05, 4.69) is 4.98 Å². The molecular formula is C21H21F2NO5. The van der Waals surface area contributed by atoms with Crippen molar-refractivity contribution in [3.05, 3.63) is 53.2 Å². The van der Waals surface area contributed by atoms with Gasteiger partial charge in [-0.25, -0.2) is 13.8 Å². The minimum atomic E-state index is -1.65.